The summed E-state index contributed by atoms with van der Waals surface area (Å²) in [5, 5.41) is 11.0. The highest BCUT2D eigenvalue weighted by Crippen LogP contribution is 2.38. The summed E-state index contributed by atoms with van der Waals surface area (Å²) in [5.74, 6) is 0. The van der Waals surface area contributed by atoms with Crippen LogP contribution in [0.15, 0.2) is 42.0 Å². The van der Waals surface area contributed by atoms with Crippen LogP contribution in [-0.2, 0) is 5.60 Å². The van der Waals surface area contributed by atoms with Crippen LogP contribution in [0.3, 0.4) is 0 Å². The highest BCUT2D eigenvalue weighted by Gasteiger charge is 2.32. The van der Waals surface area contributed by atoms with Gasteiger partial charge in [0.2, 0.25) is 0 Å². The van der Waals surface area contributed by atoms with Crippen molar-refractivity contribution in [3.05, 3.63) is 47.5 Å². The van der Waals surface area contributed by atoms with E-state index < -0.39 is 5.60 Å². The van der Waals surface area contributed by atoms with E-state index in [1.54, 1.807) is 0 Å². The summed E-state index contributed by atoms with van der Waals surface area (Å²) in [6.07, 6.45) is 8.72. The molecule has 1 unspecified atom stereocenters. The molecular formula is C16H22O. The molecule has 0 aromatic heterocycles. The largest absolute Gasteiger partial charge is 0.381 e. The zero-order valence-electron chi connectivity index (χ0n) is 10.7. The Morgan fingerprint density at radius 3 is 2.53 bits per heavy atom. The fourth-order valence-electron chi connectivity index (χ4n) is 2.78. The zero-order chi connectivity index (χ0) is 12.1. The number of allylic oxidation sites excluding steroid dienone is 1. The van der Waals surface area contributed by atoms with Gasteiger partial charge in [0.25, 0.3) is 0 Å². The molecule has 0 saturated carbocycles. The van der Waals surface area contributed by atoms with Gasteiger partial charge >= 0.3 is 0 Å². The van der Waals surface area contributed by atoms with Gasteiger partial charge in [0.05, 0.1) is 0 Å². The van der Waals surface area contributed by atoms with Crippen molar-refractivity contribution in [3.8, 4) is 0 Å². The highest BCUT2D eigenvalue weighted by molar-refractivity contribution is 5.33. The molecule has 0 bridgehead atoms. The molecular weight excluding hydrogens is 208 g/mol. The molecule has 0 spiro atoms. The van der Waals surface area contributed by atoms with Crippen LogP contribution >= 0.6 is 0 Å². The standard InChI is InChI=1S/C16H22O/c1-2-13-16(17,14-9-5-3-6-10-14)15-11-7-4-8-12-15/h3,5-6,9-11,17H,2,4,7-8,12-13H2,1H3. The van der Waals surface area contributed by atoms with Gasteiger partial charge in [-0.2, -0.15) is 0 Å². The maximum Gasteiger partial charge on any atom is 0.111 e. The van der Waals surface area contributed by atoms with Crippen molar-refractivity contribution in [1.82, 2.24) is 0 Å². The SMILES string of the molecule is CCCC(O)(C1=CCCCC1)c1ccccc1. The van der Waals surface area contributed by atoms with Crippen molar-refractivity contribution in [2.75, 3.05) is 0 Å². The quantitative estimate of drug-likeness (QED) is 0.769. The van der Waals surface area contributed by atoms with Crippen LogP contribution in [0.5, 0.6) is 0 Å². The fraction of sp³-hybridized carbons (Fsp3) is 0.500. The Bertz CT molecular complexity index is 380. The predicted molar refractivity (Wildman–Crippen MR) is 71.8 cm³/mol. The zero-order valence-corrected chi connectivity index (χ0v) is 10.7. The van der Waals surface area contributed by atoms with Crippen LogP contribution < -0.4 is 0 Å². The Morgan fingerprint density at radius 2 is 1.94 bits per heavy atom. The van der Waals surface area contributed by atoms with Gasteiger partial charge in [-0.3, -0.25) is 0 Å². The molecule has 0 aliphatic heterocycles. The summed E-state index contributed by atoms with van der Waals surface area (Å²) in [7, 11) is 0. The van der Waals surface area contributed by atoms with E-state index in [-0.39, 0.29) is 0 Å². The number of rotatable bonds is 4. The lowest BCUT2D eigenvalue weighted by Gasteiger charge is -2.33. The summed E-state index contributed by atoms with van der Waals surface area (Å²) in [6, 6.07) is 10.1. The first kappa shape index (κ1) is 12.4. The van der Waals surface area contributed by atoms with Gasteiger partial charge in [-0.15, -0.1) is 0 Å². The van der Waals surface area contributed by atoms with Crippen LogP contribution in [-0.4, -0.2) is 5.11 Å². The molecule has 1 aromatic carbocycles. The van der Waals surface area contributed by atoms with E-state index in [2.05, 4.69) is 13.0 Å². The molecule has 1 aromatic rings. The Morgan fingerprint density at radius 1 is 1.18 bits per heavy atom. The average molecular weight is 230 g/mol. The number of hydrogen-bond donors (Lipinski definition) is 1. The molecule has 2 rings (SSSR count). The molecule has 0 heterocycles. The third kappa shape index (κ3) is 2.61. The second kappa shape index (κ2) is 5.50. The van der Waals surface area contributed by atoms with E-state index >= 15 is 0 Å². The molecule has 0 fully saturated rings. The van der Waals surface area contributed by atoms with E-state index in [1.165, 1.54) is 18.4 Å². The molecule has 0 radical (unpaired) electrons. The average Bonchev–Trinajstić information content (AvgIpc) is 2.41. The number of benzene rings is 1. The predicted octanol–water partition coefficient (Wildman–Crippen LogP) is 4.17. The molecule has 1 aliphatic carbocycles. The van der Waals surface area contributed by atoms with Crippen molar-refractivity contribution in [1.29, 1.82) is 0 Å². The summed E-state index contributed by atoms with van der Waals surface area (Å²) in [4.78, 5) is 0. The normalized spacial score (nSPS) is 19.5. The van der Waals surface area contributed by atoms with Gasteiger partial charge < -0.3 is 5.11 Å². The Hall–Kier alpha value is -1.08. The summed E-state index contributed by atoms with van der Waals surface area (Å²) in [5.41, 5.74) is 1.56. The highest BCUT2D eigenvalue weighted by atomic mass is 16.3. The maximum atomic E-state index is 11.0. The van der Waals surface area contributed by atoms with Crippen LogP contribution in [0, 0.1) is 0 Å². The minimum atomic E-state index is -0.726. The second-order valence-electron chi connectivity index (χ2n) is 4.95. The lowest BCUT2D eigenvalue weighted by Crippen LogP contribution is -2.29. The number of aliphatic hydroxyl groups is 1. The topological polar surface area (TPSA) is 20.2 Å². The fourth-order valence-corrected chi connectivity index (χ4v) is 2.78. The molecule has 1 N–H and O–H groups in total. The smallest absolute Gasteiger partial charge is 0.111 e. The first-order valence-electron chi connectivity index (χ1n) is 6.75. The Labute approximate surface area is 104 Å². The molecule has 1 atom stereocenters. The van der Waals surface area contributed by atoms with Crippen molar-refractivity contribution in [3.63, 3.8) is 0 Å². The van der Waals surface area contributed by atoms with Crippen LogP contribution in [0.25, 0.3) is 0 Å². The lowest BCUT2D eigenvalue weighted by molar-refractivity contribution is 0.0602. The number of hydrogen-bond acceptors (Lipinski definition) is 1. The third-order valence-corrected chi connectivity index (χ3v) is 3.69. The molecule has 1 nitrogen and oxygen atoms in total. The molecule has 92 valence electrons. The van der Waals surface area contributed by atoms with Gasteiger partial charge in [-0.1, -0.05) is 49.8 Å². The molecule has 1 heteroatoms. The van der Waals surface area contributed by atoms with Gasteiger partial charge in [0.1, 0.15) is 5.60 Å². The van der Waals surface area contributed by atoms with Gasteiger partial charge in [0, 0.05) is 0 Å². The van der Waals surface area contributed by atoms with Gasteiger partial charge in [0.15, 0.2) is 0 Å². The van der Waals surface area contributed by atoms with Crippen molar-refractivity contribution < 1.29 is 5.11 Å². The molecule has 0 amide bonds. The first-order valence-corrected chi connectivity index (χ1v) is 6.75. The van der Waals surface area contributed by atoms with Gasteiger partial charge in [-0.25, -0.2) is 0 Å². The van der Waals surface area contributed by atoms with Crippen molar-refractivity contribution in [2.24, 2.45) is 0 Å². The van der Waals surface area contributed by atoms with Crippen LogP contribution in [0.1, 0.15) is 51.0 Å². The molecule has 17 heavy (non-hydrogen) atoms. The Kier molecular flexibility index (Phi) is 4.01. The van der Waals surface area contributed by atoms with E-state index in [9.17, 15) is 5.11 Å². The van der Waals surface area contributed by atoms with Crippen molar-refractivity contribution >= 4 is 0 Å². The molecule has 0 saturated heterocycles. The first-order chi connectivity index (χ1) is 8.27. The minimum absolute atomic E-state index is 0.726. The van der Waals surface area contributed by atoms with Crippen molar-refractivity contribution in [2.45, 2.75) is 51.0 Å². The second-order valence-corrected chi connectivity index (χ2v) is 4.95. The maximum absolute atomic E-state index is 11.0. The van der Waals surface area contributed by atoms with Gasteiger partial charge in [-0.05, 0) is 43.2 Å². The third-order valence-electron chi connectivity index (χ3n) is 3.69. The molecule has 1 aliphatic rings. The van der Waals surface area contributed by atoms with Crippen LogP contribution in [0.4, 0.5) is 0 Å². The summed E-state index contributed by atoms with van der Waals surface area (Å²) >= 11 is 0. The van der Waals surface area contributed by atoms with E-state index in [4.69, 9.17) is 0 Å². The van der Waals surface area contributed by atoms with E-state index in [0.29, 0.717) is 0 Å². The summed E-state index contributed by atoms with van der Waals surface area (Å²) in [6.45, 7) is 2.14. The minimum Gasteiger partial charge on any atom is -0.381 e. The summed E-state index contributed by atoms with van der Waals surface area (Å²) < 4.78 is 0. The Balaban J connectivity index is 2.35. The monoisotopic (exact) mass is 230 g/mol. The lowest BCUT2D eigenvalue weighted by atomic mass is 9.78. The van der Waals surface area contributed by atoms with E-state index in [0.717, 1.165) is 31.2 Å². The van der Waals surface area contributed by atoms with Crippen LogP contribution in [0.2, 0.25) is 0 Å². The van der Waals surface area contributed by atoms with E-state index in [1.807, 2.05) is 30.3 Å².